The summed E-state index contributed by atoms with van der Waals surface area (Å²) in [6, 6.07) is 15.8. The lowest BCUT2D eigenvalue weighted by Crippen LogP contribution is -1.95. The number of benzene rings is 2. The molecular weight excluding hydrogens is 236 g/mol. The zero-order chi connectivity index (χ0) is 13.2. The lowest BCUT2D eigenvalue weighted by Gasteiger charge is -2.07. The summed E-state index contributed by atoms with van der Waals surface area (Å²) in [7, 11) is 0. The normalized spacial score (nSPS) is 14.2. The number of ether oxygens (including phenoxy) is 1. The highest BCUT2D eigenvalue weighted by Crippen LogP contribution is 2.28. The summed E-state index contributed by atoms with van der Waals surface area (Å²) in [5, 5.41) is 0. The molecule has 0 radical (unpaired) electrons. The molecule has 2 nitrogen and oxygen atoms in total. The molecule has 0 atom stereocenters. The van der Waals surface area contributed by atoms with Crippen LogP contribution in [0.3, 0.4) is 0 Å². The van der Waals surface area contributed by atoms with E-state index in [1.54, 1.807) is 6.92 Å². The molecule has 0 bridgehead atoms. The topological polar surface area (TPSA) is 26.3 Å². The first-order chi connectivity index (χ1) is 9.22. The first-order valence-corrected chi connectivity index (χ1v) is 6.60. The van der Waals surface area contributed by atoms with Crippen molar-refractivity contribution in [3.05, 3.63) is 54.1 Å². The molecule has 3 rings (SSSR count). The predicted molar refractivity (Wildman–Crippen MR) is 75.5 cm³/mol. The van der Waals surface area contributed by atoms with E-state index in [1.165, 1.54) is 12.8 Å². The van der Waals surface area contributed by atoms with Crippen molar-refractivity contribution in [2.45, 2.75) is 25.9 Å². The van der Waals surface area contributed by atoms with Crippen LogP contribution in [0, 0.1) is 0 Å². The fraction of sp³-hybridized carbons (Fsp3) is 0.235. The highest BCUT2D eigenvalue weighted by atomic mass is 16.5. The quantitative estimate of drug-likeness (QED) is 0.766. The van der Waals surface area contributed by atoms with Gasteiger partial charge in [-0.1, -0.05) is 30.3 Å². The van der Waals surface area contributed by atoms with Gasteiger partial charge in [0.05, 0.1) is 6.10 Å². The number of carbonyl (C=O) groups is 1. The zero-order valence-electron chi connectivity index (χ0n) is 10.9. The van der Waals surface area contributed by atoms with Crippen molar-refractivity contribution >= 4 is 5.78 Å². The molecule has 19 heavy (non-hydrogen) atoms. The van der Waals surface area contributed by atoms with E-state index in [0.29, 0.717) is 6.10 Å². The minimum absolute atomic E-state index is 0.0931. The van der Waals surface area contributed by atoms with Gasteiger partial charge in [0.2, 0.25) is 0 Å². The fourth-order valence-corrected chi connectivity index (χ4v) is 2.02. The van der Waals surface area contributed by atoms with Crippen LogP contribution in [0.25, 0.3) is 11.1 Å². The molecule has 2 aromatic rings. The highest BCUT2D eigenvalue weighted by molar-refractivity contribution is 5.95. The van der Waals surface area contributed by atoms with Crippen LogP contribution < -0.4 is 4.74 Å². The van der Waals surface area contributed by atoms with Crippen LogP contribution in [0.4, 0.5) is 0 Å². The van der Waals surface area contributed by atoms with Crippen molar-refractivity contribution in [1.82, 2.24) is 0 Å². The minimum Gasteiger partial charge on any atom is -0.490 e. The zero-order valence-corrected chi connectivity index (χ0v) is 10.9. The van der Waals surface area contributed by atoms with Crippen LogP contribution in [0.5, 0.6) is 5.75 Å². The molecule has 0 unspecified atom stereocenters. The molecule has 0 N–H and O–H groups in total. The Morgan fingerprint density at radius 1 is 1.05 bits per heavy atom. The fourth-order valence-electron chi connectivity index (χ4n) is 2.02. The summed E-state index contributed by atoms with van der Waals surface area (Å²) in [6.07, 6.45) is 2.76. The largest absolute Gasteiger partial charge is 0.490 e. The smallest absolute Gasteiger partial charge is 0.159 e. The van der Waals surface area contributed by atoms with Gasteiger partial charge in [0, 0.05) is 5.56 Å². The van der Waals surface area contributed by atoms with Gasteiger partial charge in [0.25, 0.3) is 0 Å². The summed E-state index contributed by atoms with van der Waals surface area (Å²) < 4.78 is 5.72. The number of hydrogen-bond acceptors (Lipinski definition) is 2. The van der Waals surface area contributed by atoms with Crippen LogP contribution in [0.15, 0.2) is 48.5 Å². The van der Waals surface area contributed by atoms with E-state index >= 15 is 0 Å². The van der Waals surface area contributed by atoms with Crippen molar-refractivity contribution < 1.29 is 9.53 Å². The monoisotopic (exact) mass is 252 g/mol. The summed E-state index contributed by atoms with van der Waals surface area (Å²) in [6.45, 7) is 1.59. The molecule has 0 aliphatic heterocycles. The third kappa shape index (κ3) is 2.84. The van der Waals surface area contributed by atoms with E-state index in [-0.39, 0.29) is 5.78 Å². The van der Waals surface area contributed by atoms with Crippen molar-refractivity contribution in [2.75, 3.05) is 0 Å². The molecule has 2 aromatic carbocycles. The van der Waals surface area contributed by atoms with Crippen LogP contribution in [0.1, 0.15) is 30.1 Å². The van der Waals surface area contributed by atoms with Gasteiger partial charge in [-0.2, -0.15) is 0 Å². The summed E-state index contributed by atoms with van der Waals surface area (Å²) in [5.41, 5.74) is 2.91. The molecule has 1 aliphatic carbocycles. The number of Topliss-reactive ketones (excluding diaryl/α,β-unsaturated/α-hetero) is 1. The van der Waals surface area contributed by atoms with Gasteiger partial charge in [0.1, 0.15) is 5.75 Å². The van der Waals surface area contributed by atoms with Crippen LogP contribution >= 0.6 is 0 Å². The first-order valence-electron chi connectivity index (χ1n) is 6.60. The Morgan fingerprint density at radius 2 is 1.79 bits per heavy atom. The first kappa shape index (κ1) is 12.0. The second-order valence-electron chi connectivity index (χ2n) is 4.98. The van der Waals surface area contributed by atoms with Crippen molar-refractivity contribution in [2.24, 2.45) is 0 Å². The van der Waals surface area contributed by atoms with Crippen molar-refractivity contribution in [1.29, 1.82) is 0 Å². The molecule has 1 saturated carbocycles. The highest BCUT2D eigenvalue weighted by Gasteiger charge is 2.23. The molecule has 96 valence electrons. The van der Waals surface area contributed by atoms with E-state index in [1.807, 2.05) is 48.5 Å². The molecule has 0 heterocycles. The SMILES string of the molecule is CC(=O)c1cccc(-c2ccc(OC3CC3)cc2)c1. The Labute approximate surface area is 113 Å². The molecule has 0 amide bonds. The van der Waals surface area contributed by atoms with Gasteiger partial charge in [-0.3, -0.25) is 4.79 Å². The lowest BCUT2D eigenvalue weighted by molar-refractivity contribution is 0.101. The Kier molecular flexibility index (Phi) is 3.08. The van der Waals surface area contributed by atoms with Crippen LogP contribution in [-0.4, -0.2) is 11.9 Å². The van der Waals surface area contributed by atoms with Crippen molar-refractivity contribution in [3.63, 3.8) is 0 Å². The molecule has 0 spiro atoms. The molecule has 0 aromatic heterocycles. The van der Waals surface area contributed by atoms with Crippen molar-refractivity contribution in [3.8, 4) is 16.9 Å². The van der Waals surface area contributed by atoms with Crippen LogP contribution in [-0.2, 0) is 0 Å². The molecule has 1 aliphatic rings. The third-order valence-corrected chi connectivity index (χ3v) is 3.28. The van der Waals surface area contributed by atoms with Gasteiger partial charge < -0.3 is 4.74 Å². The van der Waals surface area contributed by atoms with E-state index in [2.05, 4.69) is 0 Å². The summed E-state index contributed by atoms with van der Waals surface area (Å²) >= 11 is 0. The van der Waals surface area contributed by atoms with E-state index in [9.17, 15) is 4.79 Å². The predicted octanol–water partition coefficient (Wildman–Crippen LogP) is 4.10. The standard InChI is InChI=1S/C17H16O2/c1-12(18)14-3-2-4-15(11-14)13-5-7-16(8-6-13)19-17-9-10-17/h2-8,11,17H,9-10H2,1H3. The Balaban J connectivity index is 1.84. The van der Waals surface area contributed by atoms with Gasteiger partial charge in [-0.25, -0.2) is 0 Å². The van der Waals surface area contributed by atoms with E-state index in [0.717, 1.165) is 22.4 Å². The maximum Gasteiger partial charge on any atom is 0.159 e. The third-order valence-electron chi connectivity index (χ3n) is 3.28. The lowest BCUT2D eigenvalue weighted by atomic mass is 10.0. The summed E-state index contributed by atoms with van der Waals surface area (Å²) in [5.74, 6) is 1.02. The average molecular weight is 252 g/mol. The summed E-state index contributed by atoms with van der Waals surface area (Å²) in [4.78, 5) is 11.4. The Hall–Kier alpha value is -2.09. The Morgan fingerprint density at radius 3 is 2.42 bits per heavy atom. The second kappa shape index (κ2) is 4.88. The van der Waals surface area contributed by atoms with Gasteiger partial charge >= 0.3 is 0 Å². The molecule has 1 fully saturated rings. The maximum atomic E-state index is 11.4. The maximum absolute atomic E-state index is 11.4. The number of hydrogen-bond donors (Lipinski definition) is 0. The number of ketones is 1. The molecule has 2 heteroatoms. The van der Waals surface area contributed by atoms with Crippen LogP contribution in [0.2, 0.25) is 0 Å². The minimum atomic E-state index is 0.0931. The second-order valence-corrected chi connectivity index (χ2v) is 4.98. The van der Waals surface area contributed by atoms with E-state index in [4.69, 9.17) is 4.74 Å². The van der Waals surface area contributed by atoms with Gasteiger partial charge in [-0.15, -0.1) is 0 Å². The number of rotatable bonds is 4. The van der Waals surface area contributed by atoms with Gasteiger partial charge in [0.15, 0.2) is 5.78 Å². The molecular formula is C17H16O2. The average Bonchev–Trinajstić information content (AvgIpc) is 3.24. The molecule has 0 saturated heterocycles. The van der Waals surface area contributed by atoms with Gasteiger partial charge in [-0.05, 0) is 49.1 Å². The number of carbonyl (C=O) groups excluding carboxylic acids is 1. The Bertz CT molecular complexity index is 595. The van der Waals surface area contributed by atoms with E-state index < -0.39 is 0 Å².